The van der Waals surface area contributed by atoms with Gasteiger partial charge in [-0.3, -0.25) is 14.5 Å². The molecule has 4 aromatic rings. The predicted molar refractivity (Wildman–Crippen MR) is 133 cm³/mol. The van der Waals surface area contributed by atoms with Crippen LogP contribution in [0.5, 0.6) is 0 Å². The molecular formula is C26H29N7O. The maximum absolute atomic E-state index is 13.1. The fraction of sp³-hybridized carbons (Fsp3) is 0.346. The monoisotopic (exact) mass is 455 g/mol. The van der Waals surface area contributed by atoms with Crippen LogP contribution in [-0.4, -0.2) is 68.6 Å². The van der Waals surface area contributed by atoms with Gasteiger partial charge in [0.15, 0.2) is 5.78 Å². The normalized spacial score (nSPS) is 15.0. The molecule has 0 saturated carbocycles. The van der Waals surface area contributed by atoms with E-state index < -0.39 is 0 Å². The van der Waals surface area contributed by atoms with Crippen LogP contribution in [0.25, 0.3) is 22.2 Å². The standard InChI is InChI=1S/C26H29N7O/c1-31-10-7-22(8-11-31)33(3)26-12-18(6-9-27-26)25(34)14-21-13-24-19(15-28-21)4-5-23(30-24)20-16-29-32(2)17-20/h4-6,9,12-13,15-17,22H,7-8,10-11,14H2,1-3H3. The summed E-state index contributed by atoms with van der Waals surface area (Å²) in [6.07, 6.45) is 9.65. The van der Waals surface area contributed by atoms with Crippen molar-refractivity contribution >= 4 is 22.5 Å². The third kappa shape index (κ3) is 4.68. The van der Waals surface area contributed by atoms with Gasteiger partial charge in [0.1, 0.15) is 5.82 Å². The third-order valence-corrected chi connectivity index (χ3v) is 6.64. The fourth-order valence-electron chi connectivity index (χ4n) is 4.49. The molecule has 0 N–H and O–H groups in total. The molecule has 8 nitrogen and oxygen atoms in total. The van der Waals surface area contributed by atoms with Gasteiger partial charge in [-0.25, -0.2) is 9.97 Å². The van der Waals surface area contributed by atoms with Gasteiger partial charge in [-0.2, -0.15) is 5.10 Å². The minimum absolute atomic E-state index is 0.0238. The number of fused-ring (bicyclic) bond motifs is 1. The highest BCUT2D eigenvalue weighted by Crippen LogP contribution is 2.23. The van der Waals surface area contributed by atoms with Gasteiger partial charge in [-0.1, -0.05) is 0 Å². The van der Waals surface area contributed by atoms with Crippen LogP contribution in [0.3, 0.4) is 0 Å². The van der Waals surface area contributed by atoms with Crippen LogP contribution in [-0.2, 0) is 13.5 Å². The Kier molecular flexibility index (Phi) is 6.06. The summed E-state index contributed by atoms with van der Waals surface area (Å²) in [5.74, 6) is 0.866. The number of hydrogen-bond donors (Lipinski definition) is 0. The summed E-state index contributed by atoms with van der Waals surface area (Å²) in [6.45, 7) is 2.16. The van der Waals surface area contributed by atoms with Gasteiger partial charge in [-0.05, 0) is 63.3 Å². The molecule has 1 aliphatic heterocycles. The van der Waals surface area contributed by atoms with Crippen LogP contribution in [0.15, 0.2) is 55.1 Å². The second-order valence-electron chi connectivity index (χ2n) is 9.12. The molecule has 8 heteroatoms. The minimum Gasteiger partial charge on any atom is -0.357 e. The molecule has 174 valence electrons. The van der Waals surface area contributed by atoms with Gasteiger partial charge >= 0.3 is 0 Å². The summed E-state index contributed by atoms with van der Waals surface area (Å²) in [4.78, 5) is 31.5. The van der Waals surface area contributed by atoms with Crippen molar-refractivity contribution in [2.75, 3.05) is 32.1 Å². The Balaban J connectivity index is 1.33. The number of carbonyl (C=O) groups excluding carboxylic acids is 1. The van der Waals surface area contributed by atoms with Crippen molar-refractivity contribution in [3.05, 3.63) is 66.4 Å². The molecule has 0 aromatic carbocycles. The maximum atomic E-state index is 13.1. The van der Waals surface area contributed by atoms with Gasteiger partial charge in [0.2, 0.25) is 0 Å². The van der Waals surface area contributed by atoms with Crippen LogP contribution in [0.1, 0.15) is 28.9 Å². The Morgan fingerprint density at radius 2 is 1.91 bits per heavy atom. The first-order valence-electron chi connectivity index (χ1n) is 11.6. The number of ketones is 1. The molecule has 5 rings (SSSR count). The average Bonchev–Trinajstić information content (AvgIpc) is 3.30. The zero-order valence-corrected chi connectivity index (χ0v) is 19.8. The molecule has 0 atom stereocenters. The predicted octanol–water partition coefficient (Wildman–Crippen LogP) is 3.38. The van der Waals surface area contributed by atoms with Crippen molar-refractivity contribution in [1.29, 1.82) is 0 Å². The molecular weight excluding hydrogens is 426 g/mol. The quantitative estimate of drug-likeness (QED) is 0.412. The SMILES string of the molecule is CN1CCC(N(C)c2cc(C(=O)Cc3cc4nc(-c5cnn(C)c5)ccc4cn3)ccn2)CC1. The van der Waals surface area contributed by atoms with Crippen LogP contribution < -0.4 is 4.90 Å². The Morgan fingerprint density at radius 1 is 1.09 bits per heavy atom. The number of aryl methyl sites for hydroxylation is 1. The highest BCUT2D eigenvalue weighted by atomic mass is 16.1. The van der Waals surface area contributed by atoms with E-state index in [1.807, 2.05) is 37.5 Å². The molecule has 1 fully saturated rings. The Morgan fingerprint density at radius 3 is 2.68 bits per heavy atom. The summed E-state index contributed by atoms with van der Waals surface area (Å²) >= 11 is 0. The highest BCUT2D eigenvalue weighted by molar-refractivity contribution is 5.98. The number of hydrogen-bond acceptors (Lipinski definition) is 7. The summed E-state index contributed by atoms with van der Waals surface area (Å²) < 4.78 is 1.75. The van der Waals surface area contributed by atoms with Gasteiger partial charge in [0.25, 0.3) is 0 Å². The topological polar surface area (TPSA) is 80.0 Å². The van der Waals surface area contributed by atoms with E-state index >= 15 is 0 Å². The summed E-state index contributed by atoms with van der Waals surface area (Å²) in [6, 6.07) is 9.99. The lowest BCUT2D eigenvalue weighted by Crippen LogP contribution is -2.42. The van der Waals surface area contributed by atoms with E-state index in [1.165, 1.54) is 0 Å². The van der Waals surface area contributed by atoms with Crippen molar-refractivity contribution in [3.8, 4) is 11.3 Å². The number of pyridine rings is 3. The van der Waals surface area contributed by atoms with E-state index in [-0.39, 0.29) is 12.2 Å². The molecule has 34 heavy (non-hydrogen) atoms. The van der Waals surface area contributed by atoms with Gasteiger partial charge in [0.05, 0.1) is 29.5 Å². The lowest BCUT2D eigenvalue weighted by atomic mass is 10.0. The molecule has 0 amide bonds. The van der Waals surface area contributed by atoms with Crippen LogP contribution in [0.4, 0.5) is 5.82 Å². The molecule has 1 saturated heterocycles. The third-order valence-electron chi connectivity index (χ3n) is 6.64. The number of Topliss-reactive ketones (excluding diaryl/α,β-unsaturated/α-hetero) is 1. The number of nitrogens with zero attached hydrogens (tertiary/aromatic N) is 7. The molecule has 1 aliphatic rings. The Hall–Kier alpha value is -3.65. The van der Waals surface area contributed by atoms with Gasteiger partial charge < -0.3 is 9.80 Å². The second kappa shape index (κ2) is 9.30. The zero-order chi connectivity index (χ0) is 23.7. The van der Waals surface area contributed by atoms with E-state index in [4.69, 9.17) is 4.98 Å². The van der Waals surface area contributed by atoms with Crippen molar-refractivity contribution in [2.45, 2.75) is 25.3 Å². The second-order valence-corrected chi connectivity index (χ2v) is 9.12. The Bertz CT molecular complexity index is 1320. The van der Waals surface area contributed by atoms with E-state index in [1.54, 1.807) is 29.3 Å². The van der Waals surface area contributed by atoms with Crippen molar-refractivity contribution in [3.63, 3.8) is 0 Å². The average molecular weight is 456 g/mol. The first kappa shape index (κ1) is 22.2. The molecule has 0 bridgehead atoms. The largest absolute Gasteiger partial charge is 0.357 e. The number of likely N-dealkylation sites (tertiary alicyclic amines) is 1. The molecule has 4 aromatic heterocycles. The van der Waals surface area contributed by atoms with Gasteiger partial charge in [-0.15, -0.1) is 0 Å². The lowest BCUT2D eigenvalue weighted by molar-refractivity contribution is 0.0992. The van der Waals surface area contributed by atoms with E-state index in [0.717, 1.165) is 53.9 Å². The maximum Gasteiger partial charge on any atom is 0.169 e. The van der Waals surface area contributed by atoms with Crippen molar-refractivity contribution in [2.24, 2.45) is 7.05 Å². The smallest absolute Gasteiger partial charge is 0.169 e. The molecule has 0 spiro atoms. The zero-order valence-electron chi connectivity index (χ0n) is 19.8. The van der Waals surface area contributed by atoms with Crippen molar-refractivity contribution in [1.82, 2.24) is 29.6 Å². The number of anilines is 1. The molecule has 0 aliphatic carbocycles. The minimum atomic E-state index is 0.0238. The molecule has 0 unspecified atom stereocenters. The summed E-state index contributed by atoms with van der Waals surface area (Å²) in [7, 11) is 6.11. The number of aromatic nitrogens is 5. The Labute approximate surface area is 199 Å². The van der Waals surface area contributed by atoms with E-state index in [0.29, 0.717) is 17.3 Å². The summed E-state index contributed by atoms with van der Waals surface area (Å²) in [5.41, 5.74) is 3.98. The number of rotatable bonds is 6. The lowest BCUT2D eigenvalue weighted by Gasteiger charge is -2.35. The van der Waals surface area contributed by atoms with Crippen LogP contribution in [0.2, 0.25) is 0 Å². The van der Waals surface area contributed by atoms with E-state index in [2.05, 4.69) is 39.0 Å². The summed E-state index contributed by atoms with van der Waals surface area (Å²) in [5, 5.41) is 5.16. The fourth-order valence-corrected chi connectivity index (χ4v) is 4.49. The number of piperidine rings is 1. The van der Waals surface area contributed by atoms with Crippen LogP contribution in [0, 0.1) is 0 Å². The number of carbonyl (C=O) groups is 1. The first-order chi connectivity index (χ1) is 16.5. The van der Waals surface area contributed by atoms with Gasteiger partial charge in [0, 0.05) is 55.2 Å². The molecule has 0 radical (unpaired) electrons. The first-order valence-corrected chi connectivity index (χ1v) is 11.6. The van der Waals surface area contributed by atoms with Crippen LogP contribution >= 0.6 is 0 Å². The highest BCUT2D eigenvalue weighted by Gasteiger charge is 2.22. The molecule has 5 heterocycles. The van der Waals surface area contributed by atoms with Crippen molar-refractivity contribution < 1.29 is 4.79 Å². The van der Waals surface area contributed by atoms with E-state index in [9.17, 15) is 4.79 Å².